The summed E-state index contributed by atoms with van der Waals surface area (Å²) in [5, 5.41) is 1.01. The van der Waals surface area contributed by atoms with Gasteiger partial charge in [-0.2, -0.15) is 0 Å². The molecule has 176 valence electrons. The van der Waals surface area contributed by atoms with E-state index in [0.717, 1.165) is 41.3 Å². The van der Waals surface area contributed by atoms with Crippen LogP contribution in [0, 0.1) is 0 Å². The molecule has 1 fully saturated rings. The van der Waals surface area contributed by atoms with Crippen LogP contribution in [0.15, 0.2) is 47.4 Å². The number of nitrogens with zero attached hydrogens (tertiary/aromatic N) is 3. The fourth-order valence-electron chi connectivity index (χ4n) is 3.79. The molecule has 0 bridgehead atoms. The fraction of sp³-hybridized carbons (Fsp3) is 0.417. The van der Waals surface area contributed by atoms with E-state index in [2.05, 4.69) is 4.90 Å². The van der Waals surface area contributed by atoms with E-state index in [-0.39, 0.29) is 4.90 Å². The molecule has 7 nitrogen and oxygen atoms in total. The molecule has 2 heterocycles. The van der Waals surface area contributed by atoms with Crippen molar-refractivity contribution in [3.8, 4) is 5.75 Å². The number of esters is 1. The van der Waals surface area contributed by atoms with Gasteiger partial charge in [-0.1, -0.05) is 24.7 Å². The van der Waals surface area contributed by atoms with Crippen LogP contribution in [-0.2, 0) is 10.0 Å². The van der Waals surface area contributed by atoms with Crippen LogP contribution in [0.2, 0.25) is 0 Å². The molecule has 0 aliphatic carbocycles. The molecule has 1 saturated heterocycles. The molecule has 9 heteroatoms. The number of unbranched alkanes of at least 4 members (excludes halogenated alkanes) is 1. The molecule has 2 aromatic carbocycles. The van der Waals surface area contributed by atoms with E-state index in [0.29, 0.717) is 17.9 Å². The fourth-order valence-corrected chi connectivity index (χ4v) is 6.04. The molecule has 0 N–H and O–H groups in total. The summed E-state index contributed by atoms with van der Waals surface area (Å²) in [6.45, 7) is 4.53. The van der Waals surface area contributed by atoms with Crippen LogP contribution in [-0.4, -0.2) is 50.4 Å². The molecule has 0 radical (unpaired) electrons. The number of anilines is 1. The van der Waals surface area contributed by atoms with E-state index in [4.69, 9.17) is 9.72 Å². The van der Waals surface area contributed by atoms with Crippen LogP contribution in [0.3, 0.4) is 0 Å². The summed E-state index contributed by atoms with van der Waals surface area (Å²) in [5.74, 6) is -0.0873. The van der Waals surface area contributed by atoms with Gasteiger partial charge in [0.05, 0.1) is 20.7 Å². The van der Waals surface area contributed by atoms with E-state index in [1.165, 1.54) is 47.8 Å². The Balaban J connectivity index is 1.45. The lowest BCUT2D eigenvalue weighted by atomic mass is 10.1. The van der Waals surface area contributed by atoms with Crippen LogP contribution in [0.1, 0.15) is 49.4 Å². The average molecular weight is 488 g/mol. The predicted octanol–water partition coefficient (Wildman–Crippen LogP) is 4.93. The van der Waals surface area contributed by atoms with E-state index < -0.39 is 16.0 Å². The highest BCUT2D eigenvalue weighted by atomic mass is 32.2. The number of ether oxygens (including phenoxy) is 1. The van der Waals surface area contributed by atoms with Crippen LogP contribution in [0.4, 0.5) is 5.13 Å². The van der Waals surface area contributed by atoms with Gasteiger partial charge >= 0.3 is 5.97 Å². The highest BCUT2D eigenvalue weighted by molar-refractivity contribution is 7.89. The van der Waals surface area contributed by atoms with Crippen LogP contribution < -0.4 is 9.64 Å². The number of benzene rings is 2. The van der Waals surface area contributed by atoms with Gasteiger partial charge in [0.25, 0.3) is 0 Å². The second kappa shape index (κ2) is 10.2. The first kappa shape index (κ1) is 23.7. The molecular weight excluding hydrogens is 458 g/mol. The van der Waals surface area contributed by atoms with E-state index in [9.17, 15) is 13.2 Å². The maximum atomic E-state index is 12.7. The normalized spacial score (nSPS) is 14.7. The third-order valence-corrected chi connectivity index (χ3v) is 8.76. The number of fused-ring (bicyclic) bond motifs is 1. The maximum absolute atomic E-state index is 12.7. The number of thiazole rings is 1. The van der Waals surface area contributed by atoms with Crippen molar-refractivity contribution in [3.05, 3.63) is 48.0 Å². The van der Waals surface area contributed by atoms with Crippen molar-refractivity contribution in [3.63, 3.8) is 0 Å². The van der Waals surface area contributed by atoms with Gasteiger partial charge in [-0.3, -0.25) is 0 Å². The number of piperidine rings is 1. The Morgan fingerprint density at radius 1 is 1.12 bits per heavy atom. The number of carbonyl (C=O) groups is 1. The second-order valence-corrected chi connectivity index (χ2v) is 11.3. The number of hydrogen-bond donors (Lipinski definition) is 0. The van der Waals surface area contributed by atoms with Crippen molar-refractivity contribution < 1.29 is 17.9 Å². The molecule has 0 saturated carbocycles. The number of hydrogen-bond acceptors (Lipinski definition) is 7. The second-order valence-electron chi connectivity index (χ2n) is 8.27. The summed E-state index contributed by atoms with van der Waals surface area (Å²) >= 11 is 1.61. The number of aromatic nitrogens is 1. The molecule has 1 aliphatic heterocycles. The number of carbonyl (C=O) groups excluding carboxylic acids is 1. The molecule has 0 spiro atoms. The van der Waals surface area contributed by atoms with E-state index in [1.807, 2.05) is 19.1 Å². The Bertz CT molecular complexity index is 1220. The zero-order valence-electron chi connectivity index (χ0n) is 19.0. The standard InChI is InChI=1S/C24H29N3O4S2/c1-3-4-14-26(2)33(29,30)20-11-8-18(9-12-20)23(28)31-19-10-13-21-22(17-19)32-24(25-21)27-15-6-5-7-16-27/h8-13,17H,3-7,14-16H2,1-2H3. The average Bonchev–Trinajstić information content (AvgIpc) is 3.26. The van der Waals surface area contributed by atoms with E-state index >= 15 is 0 Å². The van der Waals surface area contributed by atoms with Gasteiger partial charge in [-0.15, -0.1) is 0 Å². The minimum absolute atomic E-state index is 0.161. The minimum atomic E-state index is -3.57. The first-order chi connectivity index (χ1) is 15.9. The predicted molar refractivity (Wildman–Crippen MR) is 132 cm³/mol. The molecule has 1 aromatic heterocycles. The van der Waals surface area contributed by atoms with Crippen molar-refractivity contribution in [2.75, 3.05) is 31.6 Å². The zero-order valence-corrected chi connectivity index (χ0v) is 20.6. The molecular formula is C24H29N3O4S2. The largest absolute Gasteiger partial charge is 0.423 e. The summed E-state index contributed by atoms with van der Waals surface area (Å²) in [7, 11) is -2.00. The molecule has 4 rings (SSSR count). The zero-order chi connectivity index (χ0) is 23.4. The summed E-state index contributed by atoms with van der Waals surface area (Å²) in [6, 6.07) is 11.3. The van der Waals surface area contributed by atoms with Crippen molar-refractivity contribution in [1.29, 1.82) is 0 Å². The Morgan fingerprint density at radius 2 is 1.85 bits per heavy atom. The quantitative estimate of drug-likeness (QED) is 0.331. The van der Waals surface area contributed by atoms with Gasteiger partial charge in [-0.05, 0) is 62.1 Å². The Kier molecular flexibility index (Phi) is 7.31. The van der Waals surface area contributed by atoms with Crippen LogP contribution >= 0.6 is 11.3 Å². The van der Waals surface area contributed by atoms with Gasteiger partial charge in [0.1, 0.15) is 5.75 Å². The summed E-state index contributed by atoms with van der Waals surface area (Å²) < 4.78 is 33.2. The molecule has 33 heavy (non-hydrogen) atoms. The lowest BCUT2D eigenvalue weighted by molar-refractivity contribution is 0.0735. The smallest absolute Gasteiger partial charge is 0.343 e. The molecule has 1 aliphatic rings. The van der Waals surface area contributed by atoms with Gasteiger partial charge in [0, 0.05) is 32.7 Å². The molecule has 3 aromatic rings. The highest BCUT2D eigenvalue weighted by Gasteiger charge is 2.21. The first-order valence-corrected chi connectivity index (χ1v) is 13.6. The monoisotopic (exact) mass is 487 g/mol. The Labute approximate surface area is 199 Å². The lowest BCUT2D eigenvalue weighted by Gasteiger charge is -2.25. The van der Waals surface area contributed by atoms with Gasteiger partial charge in [0.15, 0.2) is 5.13 Å². The van der Waals surface area contributed by atoms with Gasteiger partial charge in [0.2, 0.25) is 10.0 Å². The van der Waals surface area contributed by atoms with Crippen molar-refractivity contribution in [2.45, 2.75) is 43.9 Å². The molecule has 0 unspecified atom stereocenters. The first-order valence-electron chi connectivity index (χ1n) is 11.3. The van der Waals surface area contributed by atoms with Crippen LogP contribution in [0.25, 0.3) is 10.2 Å². The molecule has 0 amide bonds. The Morgan fingerprint density at radius 3 is 2.55 bits per heavy atom. The third kappa shape index (κ3) is 5.37. The highest BCUT2D eigenvalue weighted by Crippen LogP contribution is 2.33. The summed E-state index contributed by atoms with van der Waals surface area (Å²) in [5.41, 5.74) is 1.19. The maximum Gasteiger partial charge on any atom is 0.343 e. The van der Waals surface area contributed by atoms with Gasteiger partial charge in [-0.25, -0.2) is 22.5 Å². The summed E-state index contributed by atoms with van der Waals surface area (Å²) in [4.78, 5) is 19.8. The van der Waals surface area contributed by atoms with Crippen LogP contribution in [0.5, 0.6) is 5.75 Å². The SMILES string of the molecule is CCCCN(C)S(=O)(=O)c1ccc(C(=O)Oc2ccc3nc(N4CCCCC4)sc3c2)cc1. The van der Waals surface area contributed by atoms with Gasteiger partial charge < -0.3 is 9.64 Å². The lowest BCUT2D eigenvalue weighted by Crippen LogP contribution is -2.29. The Hall–Kier alpha value is -2.49. The third-order valence-electron chi connectivity index (χ3n) is 5.81. The van der Waals surface area contributed by atoms with Crippen molar-refractivity contribution in [1.82, 2.24) is 9.29 Å². The number of sulfonamides is 1. The topological polar surface area (TPSA) is 79.8 Å². The van der Waals surface area contributed by atoms with Crippen molar-refractivity contribution >= 4 is 42.7 Å². The van der Waals surface area contributed by atoms with Crippen molar-refractivity contribution in [2.24, 2.45) is 0 Å². The molecule has 0 atom stereocenters. The number of rotatable bonds is 8. The minimum Gasteiger partial charge on any atom is -0.423 e. The summed E-state index contributed by atoms with van der Waals surface area (Å²) in [6.07, 6.45) is 5.35. The van der Waals surface area contributed by atoms with E-state index in [1.54, 1.807) is 24.5 Å².